The summed E-state index contributed by atoms with van der Waals surface area (Å²) in [5.41, 5.74) is 0. The van der Waals surface area contributed by atoms with Crippen molar-refractivity contribution in [1.29, 1.82) is 0 Å². The maximum atomic E-state index is 12.4. The minimum absolute atomic E-state index is 0.171. The van der Waals surface area contributed by atoms with Crippen LogP contribution in [0.2, 0.25) is 0 Å². The molecule has 0 heterocycles. The first-order valence-corrected chi connectivity index (χ1v) is 3.04. The van der Waals surface area contributed by atoms with Crippen molar-refractivity contribution >= 4 is 21.9 Å². The average Bonchev–Trinajstić information content (AvgIpc) is 1.86. The Morgan fingerprint density at radius 1 is 1.89 bits per heavy atom. The van der Waals surface area contributed by atoms with Gasteiger partial charge in [-0.15, -0.1) is 0 Å². The third-order valence-corrected chi connectivity index (χ3v) is 1.70. The molecule has 0 aromatic carbocycles. The van der Waals surface area contributed by atoms with Crippen LogP contribution in [0.5, 0.6) is 0 Å². The molecular weight excluding hydrogens is 198 g/mol. The molecule has 54 valence electrons. The summed E-state index contributed by atoms with van der Waals surface area (Å²) >= 11 is 2.33. The first kappa shape index (κ1) is 8.81. The molecule has 2 nitrogen and oxygen atoms in total. The molecule has 0 aliphatic heterocycles. The lowest BCUT2D eigenvalue weighted by atomic mass is 10.3. The molecule has 0 saturated carbocycles. The van der Waals surface area contributed by atoms with Gasteiger partial charge in [0.25, 0.3) is 4.58 Å². The largest absolute Gasteiger partial charge is 0.396 e. The van der Waals surface area contributed by atoms with Gasteiger partial charge >= 0.3 is 5.97 Å². The van der Waals surface area contributed by atoms with E-state index in [1.807, 2.05) is 0 Å². The van der Waals surface area contributed by atoms with Gasteiger partial charge in [-0.2, -0.15) is 0 Å². The van der Waals surface area contributed by atoms with E-state index in [0.29, 0.717) is 0 Å². The minimum Gasteiger partial charge on any atom is -0.250 e. The maximum absolute atomic E-state index is 12.4. The summed E-state index contributed by atoms with van der Waals surface area (Å²) in [6.07, 6.45) is -0.171. The molecule has 0 saturated heterocycles. The fraction of sp³-hybridized carbons (Fsp3) is 0.750. The third-order valence-electron chi connectivity index (χ3n) is 0.813. The molecule has 0 N–H and O–H groups in total. The van der Waals surface area contributed by atoms with E-state index < -0.39 is 10.5 Å². The van der Waals surface area contributed by atoms with Crippen LogP contribution in [-0.2, 0) is 9.74 Å². The van der Waals surface area contributed by atoms with Crippen LogP contribution in [0.25, 0.3) is 0 Å². The van der Waals surface area contributed by atoms with Gasteiger partial charge < -0.3 is 0 Å². The van der Waals surface area contributed by atoms with Crippen LogP contribution in [0.4, 0.5) is 8.92 Å². The van der Waals surface area contributed by atoms with Crippen molar-refractivity contribution in [2.45, 2.75) is 17.9 Å². The Morgan fingerprint density at radius 2 is 2.33 bits per heavy atom. The zero-order chi connectivity index (χ0) is 7.49. The predicted molar refractivity (Wildman–Crippen MR) is 30.3 cm³/mol. The van der Waals surface area contributed by atoms with Gasteiger partial charge in [-0.3, -0.25) is 4.94 Å². The standard InChI is InChI=1S/C4H5BrF2O2/c1-2-4(5,6)3(8)9-7/h2H2,1H3. The van der Waals surface area contributed by atoms with Crippen molar-refractivity contribution < 1.29 is 18.7 Å². The topological polar surface area (TPSA) is 26.3 Å². The predicted octanol–water partition coefficient (Wildman–Crippen LogP) is 1.88. The number of alkyl halides is 2. The van der Waals surface area contributed by atoms with Crippen molar-refractivity contribution in [3.05, 3.63) is 0 Å². The molecule has 0 fully saturated rings. The molecule has 0 aliphatic rings. The van der Waals surface area contributed by atoms with Gasteiger partial charge in [0, 0.05) is 4.53 Å². The normalized spacial score (nSPS) is 16.4. The summed E-state index contributed by atoms with van der Waals surface area (Å²) in [5, 5.41) is 0. The summed E-state index contributed by atoms with van der Waals surface area (Å²) in [5.74, 6) is -1.55. The van der Waals surface area contributed by atoms with Gasteiger partial charge in [0.2, 0.25) is 0 Å². The Hall–Kier alpha value is -0.190. The molecule has 1 unspecified atom stereocenters. The van der Waals surface area contributed by atoms with Gasteiger partial charge in [-0.05, 0) is 22.4 Å². The van der Waals surface area contributed by atoms with E-state index in [9.17, 15) is 13.7 Å². The molecule has 1 atom stereocenters. The van der Waals surface area contributed by atoms with Crippen molar-refractivity contribution in [1.82, 2.24) is 0 Å². The summed E-state index contributed by atoms with van der Waals surface area (Å²) in [6.45, 7) is 1.38. The Kier molecular flexibility index (Phi) is 3.03. The van der Waals surface area contributed by atoms with Crippen LogP contribution >= 0.6 is 15.9 Å². The summed E-state index contributed by atoms with van der Waals surface area (Å²) in [6, 6.07) is 0. The van der Waals surface area contributed by atoms with Crippen LogP contribution in [0.1, 0.15) is 13.3 Å². The molecule has 9 heavy (non-hydrogen) atoms. The summed E-state index contributed by atoms with van der Waals surface area (Å²) < 4.78 is 21.0. The fourth-order valence-corrected chi connectivity index (χ4v) is 0.262. The SMILES string of the molecule is CCC(F)(Br)C(=O)OF. The number of rotatable bonds is 2. The van der Waals surface area contributed by atoms with E-state index in [-0.39, 0.29) is 6.42 Å². The third kappa shape index (κ3) is 2.26. The molecule has 0 aromatic rings. The maximum Gasteiger partial charge on any atom is 0.396 e. The lowest BCUT2D eigenvalue weighted by Crippen LogP contribution is -2.25. The average molecular weight is 203 g/mol. The molecule has 5 heteroatoms. The number of carbonyl (C=O) groups excluding carboxylic acids is 1. The van der Waals surface area contributed by atoms with E-state index in [1.165, 1.54) is 6.92 Å². The van der Waals surface area contributed by atoms with Gasteiger partial charge in [-0.25, -0.2) is 9.18 Å². The highest BCUT2D eigenvalue weighted by Gasteiger charge is 2.36. The van der Waals surface area contributed by atoms with E-state index in [4.69, 9.17) is 0 Å². The van der Waals surface area contributed by atoms with Crippen molar-refractivity contribution in [2.75, 3.05) is 0 Å². The minimum atomic E-state index is -2.37. The second-order valence-electron chi connectivity index (χ2n) is 1.42. The van der Waals surface area contributed by atoms with Crippen molar-refractivity contribution in [3.8, 4) is 0 Å². The molecule has 0 spiro atoms. The van der Waals surface area contributed by atoms with Crippen molar-refractivity contribution in [3.63, 3.8) is 0 Å². The smallest absolute Gasteiger partial charge is 0.250 e. The second-order valence-corrected chi connectivity index (χ2v) is 2.68. The zero-order valence-electron chi connectivity index (χ0n) is 4.66. The van der Waals surface area contributed by atoms with E-state index in [2.05, 4.69) is 20.9 Å². The first-order chi connectivity index (χ1) is 4.04. The monoisotopic (exact) mass is 202 g/mol. The van der Waals surface area contributed by atoms with Crippen LogP contribution in [-0.4, -0.2) is 10.5 Å². The Morgan fingerprint density at radius 3 is 2.44 bits per heavy atom. The van der Waals surface area contributed by atoms with Crippen LogP contribution in [0.3, 0.4) is 0 Å². The molecule has 0 aromatic heterocycles. The molecule has 0 aliphatic carbocycles. The van der Waals surface area contributed by atoms with E-state index >= 15 is 0 Å². The van der Waals surface area contributed by atoms with Crippen molar-refractivity contribution in [2.24, 2.45) is 0 Å². The fourth-order valence-electron chi connectivity index (χ4n) is 0.201. The number of halogens is 3. The first-order valence-electron chi connectivity index (χ1n) is 2.25. The highest BCUT2D eigenvalue weighted by Crippen LogP contribution is 2.25. The number of carbonyl (C=O) groups is 1. The van der Waals surface area contributed by atoms with Gasteiger partial charge in [0.1, 0.15) is 0 Å². The molecule has 0 bridgehead atoms. The number of hydrogen-bond donors (Lipinski definition) is 0. The summed E-state index contributed by atoms with van der Waals surface area (Å²) in [7, 11) is 0. The molecule has 0 amide bonds. The highest BCUT2D eigenvalue weighted by molar-refractivity contribution is 9.10. The van der Waals surface area contributed by atoms with Gasteiger partial charge in [0.15, 0.2) is 0 Å². The Bertz CT molecular complexity index is 115. The van der Waals surface area contributed by atoms with E-state index in [0.717, 1.165) is 0 Å². The van der Waals surface area contributed by atoms with Crippen LogP contribution in [0.15, 0.2) is 0 Å². The quantitative estimate of drug-likeness (QED) is 0.640. The van der Waals surface area contributed by atoms with Crippen LogP contribution in [0, 0.1) is 0 Å². The second kappa shape index (κ2) is 3.10. The molecule has 0 radical (unpaired) electrons. The molecular formula is C4H5BrF2O2. The number of hydrogen-bond acceptors (Lipinski definition) is 2. The highest BCUT2D eigenvalue weighted by atomic mass is 79.9. The van der Waals surface area contributed by atoms with Gasteiger partial charge in [-0.1, -0.05) is 6.92 Å². The molecule has 0 rings (SSSR count). The Labute approximate surface area is 59.2 Å². The van der Waals surface area contributed by atoms with Crippen LogP contribution < -0.4 is 0 Å². The van der Waals surface area contributed by atoms with Gasteiger partial charge in [0.05, 0.1) is 0 Å². The lowest BCUT2D eigenvalue weighted by molar-refractivity contribution is -0.191. The lowest BCUT2D eigenvalue weighted by Gasteiger charge is -2.08. The Balaban J connectivity index is 3.97. The van der Waals surface area contributed by atoms with E-state index in [1.54, 1.807) is 0 Å². The zero-order valence-corrected chi connectivity index (χ0v) is 6.24. The summed E-state index contributed by atoms with van der Waals surface area (Å²) in [4.78, 5) is 12.7.